The second-order valence-corrected chi connectivity index (χ2v) is 8.54. The van der Waals surface area contributed by atoms with Crippen LogP contribution in [-0.2, 0) is 5.75 Å². The van der Waals surface area contributed by atoms with Crippen molar-refractivity contribution in [3.05, 3.63) is 35.1 Å². The van der Waals surface area contributed by atoms with E-state index >= 15 is 0 Å². The Morgan fingerprint density at radius 2 is 1.90 bits per heavy atom. The molecule has 1 saturated carbocycles. The zero-order valence-corrected chi connectivity index (χ0v) is 18.0. The van der Waals surface area contributed by atoms with Gasteiger partial charge in [-0.1, -0.05) is 48.3 Å². The van der Waals surface area contributed by atoms with E-state index in [0.717, 1.165) is 29.4 Å². The summed E-state index contributed by atoms with van der Waals surface area (Å²) in [6, 6.07) is 8.14. The van der Waals surface area contributed by atoms with Crippen LogP contribution in [0.4, 0.5) is 11.9 Å². The maximum absolute atomic E-state index is 6.45. The molecule has 1 aromatic carbocycles. The monoisotopic (exact) mass is 430 g/mol. The fourth-order valence-electron chi connectivity index (χ4n) is 3.51. The lowest BCUT2D eigenvalue weighted by Gasteiger charge is -2.17. The van der Waals surface area contributed by atoms with Gasteiger partial charge in [-0.05, 0) is 25.0 Å². The first-order valence-corrected chi connectivity index (χ1v) is 10.9. The van der Waals surface area contributed by atoms with Crippen molar-refractivity contribution in [3.63, 3.8) is 0 Å². The first-order chi connectivity index (χ1) is 14.0. The van der Waals surface area contributed by atoms with Gasteiger partial charge in [-0.15, -0.1) is 10.2 Å². The van der Waals surface area contributed by atoms with Gasteiger partial charge >= 0.3 is 0 Å². The molecule has 0 aliphatic heterocycles. The molecule has 0 saturated heterocycles. The van der Waals surface area contributed by atoms with E-state index in [9.17, 15) is 0 Å². The molecule has 10 heteroatoms. The maximum atomic E-state index is 6.45. The van der Waals surface area contributed by atoms with Gasteiger partial charge in [0.1, 0.15) is 5.82 Å². The van der Waals surface area contributed by atoms with Crippen molar-refractivity contribution in [2.45, 2.75) is 42.6 Å². The van der Waals surface area contributed by atoms with Gasteiger partial charge in [-0.3, -0.25) is 4.57 Å². The van der Waals surface area contributed by atoms with Crippen molar-refractivity contribution in [2.24, 2.45) is 0 Å². The van der Waals surface area contributed by atoms with Crippen molar-refractivity contribution in [3.8, 4) is 11.4 Å². The SMILES string of the molecule is CN(C)c1nc(N)nc(CSc2nnc(-c3ccccc3Cl)n2C2CCCC2)n1. The predicted molar refractivity (Wildman–Crippen MR) is 116 cm³/mol. The molecule has 1 fully saturated rings. The van der Waals surface area contributed by atoms with Crippen LogP contribution in [0, 0.1) is 0 Å². The van der Waals surface area contributed by atoms with E-state index in [0.29, 0.717) is 28.6 Å². The molecule has 0 spiro atoms. The fraction of sp³-hybridized carbons (Fsp3) is 0.421. The van der Waals surface area contributed by atoms with Crippen molar-refractivity contribution in [1.82, 2.24) is 29.7 Å². The number of rotatable bonds is 6. The number of anilines is 2. The number of aromatic nitrogens is 6. The van der Waals surface area contributed by atoms with Crippen LogP contribution in [0.25, 0.3) is 11.4 Å². The minimum absolute atomic E-state index is 0.216. The average molecular weight is 431 g/mol. The number of hydrogen-bond acceptors (Lipinski definition) is 8. The molecule has 29 heavy (non-hydrogen) atoms. The van der Waals surface area contributed by atoms with E-state index in [1.807, 2.05) is 43.3 Å². The molecule has 0 atom stereocenters. The van der Waals surface area contributed by atoms with E-state index in [1.54, 1.807) is 11.8 Å². The van der Waals surface area contributed by atoms with E-state index < -0.39 is 0 Å². The van der Waals surface area contributed by atoms with Crippen LogP contribution in [0.3, 0.4) is 0 Å². The fourth-order valence-corrected chi connectivity index (χ4v) is 4.59. The first-order valence-electron chi connectivity index (χ1n) is 9.53. The molecule has 0 radical (unpaired) electrons. The molecular weight excluding hydrogens is 408 g/mol. The maximum Gasteiger partial charge on any atom is 0.229 e. The van der Waals surface area contributed by atoms with Crippen LogP contribution in [0.5, 0.6) is 0 Å². The average Bonchev–Trinajstić information content (AvgIpc) is 3.35. The van der Waals surface area contributed by atoms with Crippen LogP contribution in [-0.4, -0.2) is 43.8 Å². The number of nitrogens with two attached hydrogens (primary N) is 1. The number of thioether (sulfide) groups is 1. The third-order valence-corrected chi connectivity index (χ3v) is 6.16. The van der Waals surface area contributed by atoms with Gasteiger partial charge < -0.3 is 10.6 Å². The number of nitrogens with zero attached hydrogens (tertiary/aromatic N) is 7. The van der Waals surface area contributed by atoms with Crippen LogP contribution < -0.4 is 10.6 Å². The van der Waals surface area contributed by atoms with E-state index in [4.69, 9.17) is 17.3 Å². The van der Waals surface area contributed by atoms with Crippen molar-refractivity contribution in [1.29, 1.82) is 0 Å². The van der Waals surface area contributed by atoms with Gasteiger partial charge in [-0.2, -0.15) is 15.0 Å². The van der Waals surface area contributed by atoms with E-state index in [2.05, 4.69) is 29.7 Å². The summed E-state index contributed by atoms with van der Waals surface area (Å²) in [5.41, 5.74) is 6.75. The highest BCUT2D eigenvalue weighted by Crippen LogP contribution is 2.38. The summed E-state index contributed by atoms with van der Waals surface area (Å²) in [6.07, 6.45) is 4.66. The Morgan fingerprint density at radius 1 is 1.14 bits per heavy atom. The molecule has 3 aromatic rings. The topological polar surface area (TPSA) is 98.6 Å². The molecule has 0 bridgehead atoms. The molecule has 152 valence electrons. The van der Waals surface area contributed by atoms with Gasteiger partial charge in [0.25, 0.3) is 0 Å². The Labute approximate surface area is 178 Å². The molecule has 1 aliphatic carbocycles. The lowest BCUT2D eigenvalue weighted by molar-refractivity contribution is 0.485. The highest BCUT2D eigenvalue weighted by atomic mass is 35.5. The summed E-state index contributed by atoms with van der Waals surface area (Å²) in [6.45, 7) is 0. The highest BCUT2D eigenvalue weighted by Gasteiger charge is 2.26. The molecule has 2 heterocycles. The van der Waals surface area contributed by atoms with Crippen LogP contribution >= 0.6 is 23.4 Å². The third-order valence-electron chi connectivity index (χ3n) is 4.89. The van der Waals surface area contributed by atoms with Crippen LogP contribution in [0.1, 0.15) is 37.5 Å². The molecule has 2 N–H and O–H groups in total. The van der Waals surface area contributed by atoms with Gasteiger partial charge in [-0.25, -0.2) is 0 Å². The largest absolute Gasteiger partial charge is 0.368 e. The van der Waals surface area contributed by atoms with E-state index in [1.165, 1.54) is 12.8 Å². The van der Waals surface area contributed by atoms with Crippen molar-refractivity contribution in [2.75, 3.05) is 24.7 Å². The second kappa shape index (κ2) is 8.54. The molecule has 4 rings (SSSR count). The minimum Gasteiger partial charge on any atom is -0.368 e. The smallest absolute Gasteiger partial charge is 0.229 e. The van der Waals surface area contributed by atoms with Gasteiger partial charge in [0.05, 0.1) is 10.8 Å². The summed E-state index contributed by atoms with van der Waals surface area (Å²) in [5, 5.41) is 10.5. The molecule has 8 nitrogen and oxygen atoms in total. The summed E-state index contributed by atoms with van der Waals surface area (Å²) >= 11 is 8.01. The van der Waals surface area contributed by atoms with Crippen LogP contribution in [0.15, 0.2) is 29.4 Å². The Kier molecular flexibility index (Phi) is 5.86. The number of halogens is 1. The summed E-state index contributed by atoms with van der Waals surface area (Å²) in [7, 11) is 3.75. The normalized spacial score (nSPS) is 14.4. The quantitative estimate of drug-likeness (QED) is 0.589. The zero-order valence-electron chi connectivity index (χ0n) is 16.4. The molecule has 0 amide bonds. The first kappa shape index (κ1) is 19.9. The Hall–Kier alpha value is -2.39. The zero-order chi connectivity index (χ0) is 20.4. The Balaban J connectivity index is 1.65. The summed E-state index contributed by atoms with van der Waals surface area (Å²) in [4.78, 5) is 14.7. The molecular formula is C19H23ClN8S. The minimum atomic E-state index is 0.216. The molecule has 2 aromatic heterocycles. The van der Waals surface area contributed by atoms with Crippen molar-refractivity contribution < 1.29 is 0 Å². The Morgan fingerprint density at radius 3 is 2.62 bits per heavy atom. The van der Waals surface area contributed by atoms with Gasteiger partial charge in [0.15, 0.2) is 11.0 Å². The number of hydrogen-bond donors (Lipinski definition) is 1. The standard InChI is InChI=1S/C19H23ClN8S/c1-27(2)18-23-15(22-17(21)24-18)11-29-19-26-25-16(13-9-5-6-10-14(13)20)28(19)12-7-3-4-8-12/h5-6,9-10,12H,3-4,7-8,11H2,1-2H3,(H2,21,22,23,24). The Bertz CT molecular complexity index is 1000. The number of nitrogen functional groups attached to an aromatic ring is 1. The van der Waals surface area contributed by atoms with E-state index in [-0.39, 0.29) is 5.95 Å². The van der Waals surface area contributed by atoms with Gasteiger partial charge in [0, 0.05) is 25.7 Å². The number of benzene rings is 1. The second-order valence-electron chi connectivity index (χ2n) is 7.19. The summed E-state index contributed by atoms with van der Waals surface area (Å²) < 4.78 is 2.23. The highest BCUT2D eigenvalue weighted by molar-refractivity contribution is 7.98. The predicted octanol–water partition coefficient (Wildman–Crippen LogP) is 3.84. The summed E-state index contributed by atoms with van der Waals surface area (Å²) in [5.74, 6) is 2.72. The van der Waals surface area contributed by atoms with Crippen LogP contribution in [0.2, 0.25) is 5.02 Å². The lowest BCUT2D eigenvalue weighted by Crippen LogP contribution is -2.16. The van der Waals surface area contributed by atoms with Gasteiger partial charge in [0.2, 0.25) is 11.9 Å². The molecule has 1 aliphatic rings. The molecule has 0 unspecified atom stereocenters. The third kappa shape index (κ3) is 4.30. The lowest BCUT2D eigenvalue weighted by atomic mass is 10.2. The van der Waals surface area contributed by atoms with Crippen molar-refractivity contribution >= 4 is 35.3 Å².